The topological polar surface area (TPSA) is 352 Å². The number of hydrogen-bond donors (Lipinski definition) is 13. The largest absolute Gasteiger partial charge is 0.477 e. The highest BCUT2D eigenvalue weighted by molar-refractivity contribution is 5.77. The van der Waals surface area contributed by atoms with Crippen molar-refractivity contribution in [2.45, 2.75) is 125 Å². The van der Waals surface area contributed by atoms with Crippen molar-refractivity contribution in [3.8, 4) is 0 Å². The Morgan fingerprint density at radius 1 is 0.917 bits per heavy atom. The molecule has 2 heterocycles. The number of carbonyl (C=O) groups is 4. The number of carbonyl (C=O) groups excluding carboxylic acids is 3. The monoisotopic (exact) mass is 702 g/mol. The standard InChI is InChI=1S/C27H46N2O19/c1-9(33)4-13(36)18(39)23-17(29-11(3)35)14(37)5-27(47-23,26(43)44)48-24-20(41)16(8-32)45-25(21(24)42)46-22(19(40)15(38)7-31)12(6-30)28-10(2)34/h12-25,30-32,36-42H,4-8H2,1-3H3,(H,28,34)(H,29,35)(H,43,44)/t12-,13+,14-,15+,16+,17+,18+,19+,20-,21+,22+,23+,24-,25-,27-/m0/s1. The Bertz CT molecular complexity index is 1100. The number of carboxylic acid groups (broad SMARTS) is 1. The number of ether oxygens (including phenoxy) is 4. The quantitative estimate of drug-likeness (QED) is 0.0669. The van der Waals surface area contributed by atoms with Crippen LogP contribution < -0.4 is 10.6 Å². The molecule has 2 aliphatic heterocycles. The molecular formula is C27H46N2O19. The van der Waals surface area contributed by atoms with E-state index in [1.165, 1.54) is 0 Å². The highest BCUT2D eigenvalue weighted by Gasteiger charge is 2.59. The molecule has 13 N–H and O–H groups in total. The van der Waals surface area contributed by atoms with E-state index in [1.807, 2.05) is 0 Å². The van der Waals surface area contributed by atoms with E-state index in [0.717, 1.165) is 20.8 Å². The summed E-state index contributed by atoms with van der Waals surface area (Å²) in [5, 5.41) is 119. The fraction of sp³-hybridized carbons (Fsp3) is 0.852. The van der Waals surface area contributed by atoms with Crippen LogP contribution in [0.5, 0.6) is 0 Å². The molecule has 48 heavy (non-hydrogen) atoms. The van der Waals surface area contributed by atoms with Crippen LogP contribution in [0.2, 0.25) is 0 Å². The highest BCUT2D eigenvalue weighted by atomic mass is 16.8. The lowest BCUT2D eigenvalue weighted by molar-refractivity contribution is -0.375. The number of nitrogens with one attached hydrogen (secondary N) is 2. The van der Waals surface area contributed by atoms with E-state index in [-0.39, 0.29) is 0 Å². The second-order valence-electron chi connectivity index (χ2n) is 11.7. The molecule has 278 valence electrons. The number of carboxylic acids is 1. The van der Waals surface area contributed by atoms with Crippen LogP contribution in [0, 0.1) is 0 Å². The Labute approximate surface area is 273 Å². The lowest BCUT2D eigenvalue weighted by Gasteiger charge is -2.50. The number of aliphatic hydroxyl groups is 10. The van der Waals surface area contributed by atoms with Gasteiger partial charge in [-0.1, -0.05) is 0 Å². The summed E-state index contributed by atoms with van der Waals surface area (Å²) in [6.45, 7) is 0.147. The molecular weight excluding hydrogens is 656 g/mol. The molecule has 21 nitrogen and oxygen atoms in total. The average molecular weight is 703 g/mol. The molecule has 0 radical (unpaired) electrons. The molecule has 2 fully saturated rings. The maximum Gasteiger partial charge on any atom is 0.364 e. The molecule has 0 spiro atoms. The lowest BCUT2D eigenvalue weighted by Crippen LogP contribution is -2.70. The van der Waals surface area contributed by atoms with Gasteiger partial charge in [0.05, 0.1) is 44.1 Å². The first kappa shape index (κ1) is 41.7. The third-order valence-electron chi connectivity index (χ3n) is 7.84. The Morgan fingerprint density at radius 3 is 2.02 bits per heavy atom. The van der Waals surface area contributed by atoms with Gasteiger partial charge >= 0.3 is 5.97 Å². The van der Waals surface area contributed by atoms with Gasteiger partial charge in [-0.3, -0.25) is 14.4 Å². The van der Waals surface area contributed by atoms with Crippen LogP contribution in [-0.2, 0) is 38.1 Å². The molecule has 2 aliphatic rings. The molecule has 2 rings (SSSR count). The van der Waals surface area contributed by atoms with Crippen molar-refractivity contribution in [2.75, 3.05) is 19.8 Å². The minimum absolute atomic E-state index is 0.596. The van der Waals surface area contributed by atoms with E-state index in [2.05, 4.69) is 10.6 Å². The van der Waals surface area contributed by atoms with Crippen molar-refractivity contribution < 1.29 is 94.3 Å². The second kappa shape index (κ2) is 18.0. The van der Waals surface area contributed by atoms with E-state index >= 15 is 0 Å². The first-order valence-electron chi connectivity index (χ1n) is 14.9. The SMILES string of the molecule is CC(=O)C[C@@H](O)[C@@H](O)[C@@H]1O[C@@](O[C@H]2[C@@H](O)[C@@H](CO)O[C@@H](O[C@@H]([C@H](O)[C@H](O)CO)[C@H](CO)NC(C)=O)[C@@H]2O)(C(=O)O)C[C@H](O)[C@H]1NC(C)=O. The molecule has 0 aliphatic carbocycles. The maximum absolute atomic E-state index is 12.7. The van der Waals surface area contributed by atoms with Crippen LogP contribution in [-0.4, -0.2) is 191 Å². The van der Waals surface area contributed by atoms with E-state index in [0.29, 0.717) is 0 Å². The summed E-state index contributed by atoms with van der Waals surface area (Å²) in [5.41, 5.74) is 0. The summed E-state index contributed by atoms with van der Waals surface area (Å²) >= 11 is 0. The van der Waals surface area contributed by atoms with Gasteiger partial charge in [0.25, 0.3) is 5.79 Å². The van der Waals surface area contributed by atoms with E-state index in [4.69, 9.17) is 18.9 Å². The molecule has 0 saturated carbocycles. The van der Waals surface area contributed by atoms with Gasteiger partial charge in [-0.05, 0) is 6.92 Å². The van der Waals surface area contributed by atoms with Gasteiger partial charge in [0.1, 0.15) is 60.7 Å². The minimum atomic E-state index is -3.08. The zero-order valence-electron chi connectivity index (χ0n) is 26.3. The number of aliphatic carboxylic acids is 1. The van der Waals surface area contributed by atoms with Crippen molar-refractivity contribution in [3.05, 3.63) is 0 Å². The summed E-state index contributed by atoms with van der Waals surface area (Å²) in [6, 6.07) is -3.10. The van der Waals surface area contributed by atoms with Crippen molar-refractivity contribution in [2.24, 2.45) is 0 Å². The Hall–Kier alpha value is -2.48. The number of aliphatic hydroxyl groups excluding tert-OH is 10. The fourth-order valence-corrected chi connectivity index (χ4v) is 5.47. The summed E-state index contributed by atoms with van der Waals surface area (Å²) in [4.78, 5) is 47.9. The molecule has 0 aromatic rings. The van der Waals surface area contributed by atoms with Crippen molar-refractivity contribution in [1.29, 1.82) is 0 Å². The number of ketones is 1. The van der Waals surface area contributed by atoms with E-state index in [9.17, 15) is 75.3 Å². The third kappa shape index (κ3) is 10.0. The van der Waals surface area contributed by atoms with Gasteiger partial charge in [-0.2, -0.15) is 0 Å². The average Bonchev–Trinajstić information content (AvgIpc) is 3.01. The lowest BCUT2D eigenvalue weighted by atomic mass is 9.87. The van der Waals surface area contributed by atoms with E-state index < -0.39 is 148 Å². The van der Waals surface area contributed by atoms with Crippen LogP contribution >= 0.6 is 0 Å². The zero-order valence-corrected chi connectivity index (χ0v) is 26.3. The summed E-state index contributed by atoms with van der Waals surface area (Å²) in [6.07, 6.45) is -25.9. The first-order chi connectivity index (χ1) is 22.3. The van der Waals surface area contributed by atoms with Gasteiger partial charge < -0.3 is 85.8 Å². The molecule has 2 saturated heterocycles. The van der Waals surface area contributed by atoms with Crippen LogP contribution in [0.15, 0.2) is 0 Å². The van der Waals surface area contributed by atoms with Gasteiger partial charge in [0.2, 0.25) is 11.8 Å². The van der Waals surface area contributed by atoms with Crippen molar-refractivity contribution in [1.82, 2.24) is 10.6 Å². The maximum atomic E-state index is 12.7. The Morgan fingerprint density at radius 2 is 1.54 bits per heavy atom. The molecule has 0 unspecified atom stereocenters. The van der Waals surface area contributed by atoms with E-state index in [1.54, 1.807) is 0 Å². The van der Waals surface area contributed by atoms with Crippen LogP contribution in [0.1, 0.15) is 33.6 Å². The summed E-state index contributed by atoms with van der Waals surface area (Å²) in [7, 11) is 0. The second-order valence-corrected chi connectivity index (χ2v) is 11.7. The molecule has 15 atom stereocenters. The molecule has 21 heteroatoms. The number of rotatable bonds is 17. The molecule has 0 bridgehead atoms. The number of hydrogen-bond acceptors (Lipinski definition) is 18. The van der Waals surface area contributed by atoms with Crippen LogP contribution in [0.25, 0.3) is 0 Å². The highest BCUT2D eigenvalue weighted by Crippen LogP contribution is 2.38. The van der Waals surface area contributed by atoms with Gasteiger partial charge in [-0.15, -0.1) is 0 Å². The Kier molecular flexibility index (Phi) is 15.6. The Balaban J connectivity index is 2.55. The molecule has 2 amide bonds. The van der Waals surface area contributed by atoms with Crippen molar-refractivity contribution >= 4 is 23.6 Å². The van der Waals surface area contributed by atoms with Gasteiger partial charge in [0, 0.05) is 26.7 Å². The van der Waals surface area contributed by atoms with Crippen LogP contribution in [0.4, 0.5) is 0 Å². The zero-order chi connectivity index (χ0) is 36.7. The predicted molar refractivity (Wildman–Crippen MR) is 152 cm³/mol. The summed E-state index contributed by atoms with van der Waals surface area (Å²) in [5.74, 6) is -7.20. The first-order valence-corrected chi connectivity index (χ1v) is 14.9. The van der Waals surface area contributed by atoms with Crippen molar-refractivity contribution in [3.63, 3.8) is 0 Å². The smallest absolute Gasteiger partial charge is 0.364 e. The number of Topliss-reactive ketones (excluding diaryl/α,β-unsaturated/α-hetero) is 1. The van der Waals surface area contributed by atoms with Gasteiger partial charge in [-0.25, -0.2) is 4.79 Å². The third-order valence-corrected chi connectivity index (χ3v) is 7.84. The van der Waals surface area contributed by atoms with Gasteiger partial charge in [0.15, 0.2) is 6.29 Å². The molecule has 0 aromatic heterocycles. The number of amides is 2. The normalized spacial score (nSPS) is 34.6. The molecule has 0 aromatic carbocycles. The minimum Gasteiger partial charge on any atom is -0.477 e. The predicted octanol–water partition coefficient (Wildman–Crippen LogP) is -7.46. The summed E-state index contributed by atoms with van der Waals surface area (Å²) < 4.78 is 22.2. The van der Waals surface area contributed by atoms with Crippen LogP contribution in [0.3, 0.4) is 0 Å². The fourth-order valence-electron chi connectivity index (χ4n) is 5.47.